The van der Waals surface area contributed by atoms with Gasteiger partial charge >= 0.3 is 18.1 Å². The summed E-state index contributed by atoms with van der Waals surface area (Å²) in [6.07, 6.45) is -4.29. The van der Waals surface area contributed by atoms with E-state index in [-0.39, 0.29) is 37.6 Å². The number of piperidine rings is 1. The number of aromatic nitrogens is 1. The molecule has 0 aliphatic carbocycles. The molecule has 1 N–H and O–H groups in total. The first-order valence-electron chi connectivity index (χ1n) is 5.85. The number of likely N-dealkylation sites (tertiary alicyclic amines) is 1. The quantitative estimate of drug-likeness (QED) is 0.895. The highest BCUT2D eigenvalue weighted by Crippen LogP contribution is 2.29. The van der Waals surface area contributed by atoms with Crippen molar-refractivity contribution in [3.63, 3.8) is 0 Å². The van der Waals surface area contributed by atoms with Crippen LogP contribution in [0, 0.1) is 0 Å². The molecule has 1 aromatic heterocycles. The van der Waals surface area contributed by atoms with Gasteiger partial charge in [-0.15, -0.1) is 0 Å². The normalized spacial score (nSPS) is 17.2. The van der Waals surface area contributed by atoms with E-state index < -0.39 is 18.1 Å². The van der Waals surface area contributed by atoms with Gasteiger partial charge in [-0.3, -0.25) is 4.79 Å². The van der Waals surface area contributed by atoms with E-state index >= 15 is 0 Å². The van der Waals surface area contributed by atoms with Crippen molar-refractivity contribution in [3.8, 4) is 0 Å². The molecule has 1 aliphatic heterocycles. The van der Waals surface area contributed by atoms with E-state index in [1.807, 2.05) is 0 Å². The average molecular weight is 292 g/mol. The summed E-state index contributed by atoms with van der Waals surface area (Å²) in [7, 11) is 0. The van der Waals surface area contributed by atoms with Crippen LogP contribution in [0.3, 0.4) is 0 Å². The Balaban J connectivity index is 1.97. The lowest BCUT2D eigenvalue weighted by atomic mass is 9.93. The van der Waals surface area contributed by atoms with Crippen molar-refractivity contribution in [2.45, 2.75) is 24.9 Å². The van der Waals surface area contributed by atoms with E-state index in [9.17, 15) is 22.8 Å². The molecule has 110 valence electrons. The number of nitrogens with zero attached hydrogens (tertiary/aromatic N) is 2. The summed E-state index contributed by atoms with van der Waals surface area (Å²) in [6, 6.07) is 1.26. The van der Waals surface area contributed by atoms with Crippen molar-refractivity contribution >= 4 is 11.9 Å². The summed E-state index contributed by atoms with van der Waals surface area (Å²) in [5.41, 5.74) is 0.390. The summed E-state index contributed by atoms with van der Waals surface area (Å²) in [5, 5.41) is 12.3. The van der Waals surface area contributed by atoms with Crippen molar-refractivity contribution in [3.05, 3.63) is 17.5 Å². The molecule has 1 amide bonds. The van der Waals surface area contributed by atoms with E-state index in [1.165, 1.54) is 6.07 Å². The number of carboxylic acid groups (broad SMARTS) is 1. The van der Waals surface area contributed by atoms with Gasteiger partial charge in [-0.25, -0.2) is 4.79 Å². The maximum Gasteiger partial charge on any atom is 0.471 e. The first kappa shape index (κ1) is 14.4. The van der Waals surface area contributed by atoms with Gasteiger partial charge in [0, 0.05) is 25.1 Å². The Morgan fingerprint density at radius 2 is 1.95 bits per heavy atom. The fourth-order valence-corrected chi connectivity index (χ4v) is 2.14. The van der Waals surface area contributed by atoms with E-state index in [2.05, 4.69) is 9.68 Å². The first-order valence-corrected chi connectivity index (χ1v) is 5.85. The largest absolute Gasteiger partial charge is 0.475 e. The number of rotatable bonds is 2. The fourth-order valence-electron chi connectivity index (χ4n) is 2.14. The predicted octanol–water partition coefficient (Wildman–Crippen LogP) is 1.64. The first-order chi connectivity index (χ1) is 9.29. The molecule has 0 saturated carbocycles. The zero-order valence-electron chi connectivity index (χ0n) is 10.2. The Hall–Kier alpha value is -2.06. The second-order valence-corrected chi connectivity index (χ2v) is 4.49. The summed E-state index contributed by atoms with van der Waals surface area (Å²) < 4.78 is 41.4. The van der Waals surface area contributed by atoms with Crippen LogP contribution < -0.4 is 0 Å². The van der Waals surface area contributed by atoms with Gasteiger partial charge in [0.25, 0.3) is 0 Å². The Bertz CT molecular complexity index is 518. The van der Waals surface area contributed by atoms with Crippen LogP contribution >= 0.6 is 0 Å². The van der Waals surface area contributed by atoms with Crippen LogP contribution in [0.2, 0.25) is 0 Å². The minimum absolute atomic E-state index is 0.0434. The molecule has 9 heteroatoms. The van der Waals surface area contributed by atoms with Crippen LogP contribution in [0.15, 0.2) is 10.6 Å². The zero-order valence-corrected chi connectivity index (χ0v) is 10.2. The highest BCUT2D eigenvalue weighted by molar-refractivity contribution is 5.84. The lowest BCUT2D eigenvalue weighted by Gasteiger charge is -2.31. The van der Waals surface area contributed by atoms with E-state index in [4.69, 9.17) is 5.11 Å². The van der Waals surface area contributed by atoms with Gasteiger partial charge in [-0.1, -0.05) is 5.16 Å². The van der Waals surface area contributed by atoms with Crippen LogP contribution in [-0.2, 0) is 4.79 Å². The van der Waals surface area contributed by atoms with Gasteiger partial charge in [-0.05, 0) is 12.8 Å². The molecular formula is C11H11F3N2O4. The summed E-state index contributed by atoms with van der Waals surface area (Å²) in [4.78, 5) is 22.4. The molecule has 1 aliphatic rings. The molecule has 0 aromatic carbocycles. The Morgan fingerprint density at radius 3 is 2.40 bits per heavy atom. The number of aromatic carboxylic acids is 1. The van der Waals surface area contributed by atoms with Crippen molar-refractivity contribution in [1.82, 2.24) is 10.1 Å². The van der Waals surface area contributed by atoms with Crippen LogP contribution in [0.1, 0.15) is 35.0 Å². The van der Waals surface area contributed by atoms with Gasteiger partial charge in [0.1, 0.15) is 0 Å². The molecule has 0 atom stereocenters. The fraction of sp³-hybridized carbons (Fsp3) is 0.545. The van der Waals surface area contributed by atoms with E-state index in [0.717, 1.165) is 4.90 Å². The lowest BCUT2D eigenvalue weighted by Crippen LogP contribution is -2.45. The smallest absolute Gasteiger partial charge is 0.471 e. The summed E-state index contributed by atoms with van der Waals surface area (Å²) >= 11 is 0. The molecule has 0 spiro atoms. The minimum atomic E-state index is -4.86. The molecule has 1 aromatic rings. The summed E-state index contributed by atoms with van der Waals surface area (Å²) in [6.45, 7) is -0.0868. The highest BCUT2D eigenvalue weighted by Gasteiger charge is 2.43. The third kappa shape index (κ3) is 2.91. The van der Waals surface area contributed by atoms with Crippen molar-refractivity contribution < 1.29 is 32.4 Å². The third-order valence-electron chi connectivity index (χ3n) is 3.18. The molecule has 0 unspecified atom stereocenters. The lowest BCUT2D eigenvalue weighted by molar-refractivity contribution is -0.186. The second-order valence-electron chi connectivity index (χ2n) is 4.49. The maximum atomic E-state index is 12.3. The van der Waals surface area contributed by atoms with Crippen LogP contribution in [0.5, 0.6) is 0 Å². The van der Waals surface area contributed by atoms with Crippen LogP contribution in [-0.4, -0.2) is 46.3 Å². The third-order valence-corrected chi connectivity index (χ3v) is 3.18. The molecule has 0 radical (unpaired) electrons. The van der Waals surface area contributed by atoms with Crippen molar-refractivity contribution in [2.75, 3.05) is 13.1 Å². The Labute approximate surface area is 111 Å². The van der Waals surface area contributed by atoms with Crippen molar-refractivity contribution in [1.29, 1.82) is 0 Å². The van der Waals surface area contributed by atoms with Gasteiger partial charge in [0.2, 0.25) is 5.76 Å². The van der Waals surface area contributed by atoms with Crippen LogP contribution in [0.25, 0.3) is 0 Å². The van der Waals surface area contributed by atoms with E-state index in [1.54, 1.807) is 0 Å². The predicted molar refractivity (Wildman–Crippen MR) is 58.1 cm³/mol. The molecule has 0 bridgehead atoms. The van der Waals surface area contributed by atoms with Gasteiger partial charge in [0.05, 0.1) is 5.69 Å². The molecule has 1 fully saturated rings. The zero-order chi connectivity index (χ0) is 14.9. The van der Waals surface area contributed by atoms with Gasteiger partial charge in [0.15, 0.2) is 0 Å². The number of hydrogen-bond donors (Lipinski definition) is 1. The number of halogens is 3. The molecule has 6 nitrogen and oxygen atoms in total. The highest BCUT2D eigenvalue weighted by atomic mass is 19.4. The molecule has 20 heavy (non-hydrogen) atoms. The monoisotopic (exact) mass is 292 g/mol. The number of alkyl halides is 3. The minimum Gasteiger partial charge on any atom is -0.475 e. The second kappa shape index (κ2) is 5.14. The topological polar surface area (TPSA) is 83.6 Å². The van der Waals surface area contributed by atoms with Gasteiger partial charge in [-0.2, -0.15) is 13.2 Å². The number of carboxylic acids is 1. The number of amides is 1. The number of hydrogen-bond acceptors (Lipinski definition) is 4. The average Bonchev–Trinajstić information content (AvgIpc) is 2.86. The molecule has 2 rings (SSSR count). The standard InChI is InChI=1S/C11H11F3N2O4/c12-11(13,14)10(19)16-3-1-6(2-4-16)7-5-8(9(17)18)20-15-7/h5-6H,1-4H2,(H,17,18). The SMILES string of the molecule is O=C(O)c1cc(C2CCN(C(=O)C(F)(F)F)CC2)no1. The number of carbonyl (C=O) groups is 2. The van der Waals surface area contributed by atoms with Gasteiger partial charge < -0.3 is 14.5 Å². The maximum absolute atomic E-state index is 12.3. The molecule has 2 heterocycles. The Morgan fingerprint density at radius 1 is 1.35 bits per heavy atom. The Kier molecular flexibility index (Phi) is 3.69. The van der Waals surface area contributed by atoms with Crippen LogP contribution in [0.4, 0.5) is 13.2 Å². The van der Waals surface area contributed by atoms with Crippen molar-refractivity contribution in [2.24, 2.45) is 0 Å². The molecule has 1 saturated heterocycles. The number of carbonyl (C=O) groups excluding carboxylic acids is 1. The summed E-state index contributed by atoms with van der Waals surface area (Å²) in [5.74, 6) is -3.62. The van der Waals surface area contributed by atoms with E-state index in [0.29, 0.717) is 5.69 Å². The molecular weight excluding hydrogens is 281 g/mol.